The predicted molar refractivity (Wildman–Crippen MR) is 53.9 cm³/mol. The second kappa shape index (κ2) is 4.47. The van der Waals surface area contributed by atoms with Gasteiger partial charge >= 0.3 is 5.97 Å². The molecular weight excluding hydrogens is 198 g/mol. The van der Waals surface area contributed by atoms with Gasteiger partial charge in [-0.3, -0.25) is 0 Å². The summed E-state index contributed by atoms with van der Waals surface area (Å²) in [6, 6.07) is 0. The maximum absolute atomic E-state index is 11.9. The van der Waals surface area contributed by atoms with E-state index < -0.39 is 17.2 Å². The topological polar surface area (TPSA) is 70.8 Å². The monoisotopic (exact) mass is 217 g/mol. The summed E-state index contributed by atoms with van der Waals surface area (Å²) in [7, 11) is 0. The molecule has 1 heterocycles. The lowest BCUT2D eigenvalue weighted by Gasteiger charge is -2.34. The van der Waals surface area contributed by atoms with Gasteiger partial charge in [0.05, 0.1) is 6.61 Å². The number of esters is 1. The van der Waals surface area contributed by atoms with Crippen molar-refractivity contribution in [3.8, 4) is 0 Å². The van der Waals surface area contributed by atoms with E-state index in [9.17, 15) is 4.79 Å². The van der Waals surface area contributed by atoms with E-state index in [1.807, 2.05) is 0 Å². The van der Waals surface area contributed by atoms with E-state index in [0.717, 1.165) is 6.42 Å². The lowest BCUT2D eigenvalue weighted by Crippen LogP contribution is -2.53. The molecule has 1 atom stereocenters. The Bertz CT molecular complexity index is 228. The van der Waals surface area contributed by atoms with Gasteiger partial charge in [-0.05, 0) is 33.6 Å². The second-order valence-corrected chi connectivity index (χ2v) is 4.71. The van der Waals surface area contributed by atoms with Gasteiger partial charge in [0.2, 0.25) is 5.60 Å². The smallest absolute Gasteiger partial charge is 0.343 e. The third-order valence-electron chi connectivity index (χ3n) is 2.13. The fraction of sp³-hybridized carbons (Fsp3) is 0.900. The summed E-state index contributed by atoms with van der Waals surface area (Å²) >= 11 is 0. The standard InChI is InChI=1S/C10H19NO4/c1-9(2,3)14-8(12)10(7-11)5-4-6-13-15-10/h4-7,11H2,1-3H3. The molecular formula is C10H19NO4. The highest BCUT2D eigenvalue weighted by atomic mass is 17.2. The van der Waals surface area contributed by atoms with E-state index in [1.165, 1.54) is 0 Å². The molecule has 1 rings (SSSR count). The molecule has 0 aromatic rings. The second-order valence-electron chi connectivity index (χ2n) is 4.71. The Morgan fingerprint density at radius 1 is 1.53 bits per heavy atom. The van der Waals surface area contributed by atoms with Crippen LogP contribution in [0, 0.1) is 0 Å². The summed E-state index contributed by atoms with van der Waals surface area (Å²) in [5.41, 5.74) is 3.89. The van der Waals surface area contributed by atoms with Gasteiger partial charge in [0, 0.05) is 6.54 Å². The SMILES string of the molecule is CC(C)(C)OC(=O)C1(CN)CCCOO1. The number of carbonyl (C=O) groups is 1. The maximum atomic E-state index is 11.9. The van der Waals surface area contributed by atoms with Crippen LogP contribution in [0.1, 0.15) is 33.6 Å². The van der Waals surface area contributed by atoms with Crippen LogP contribution < -0.4 is 5.73 Å². The highest BCUT2D eigenvalue weighted by molar-refractivity contribution is 5.80. The molecule has 0 aromatic carbocycles. The normalized spacial score (nSPS) is 27.5. The van der Waals surface area contributed by atoms with E-state index >= 15 is 0 Å². The number of nitrogens with two attached hydrogens (primary N) is 1. The summed E-state index contributed by atoms with van der Waals surface area (Å²) in [6.45, 7) is 5.98. The van der Waals surface area contributed by atoms with Crippen LogP contribution in [0.5, 0.6) is 0 Å². The first-order valence-electron chi connectivity index (χ1n) is 5.14. The minimum Gasteiger partial charge on any atom is -0.458 e. The van der Waals surface area contributed by atoms with Crippen LogP contribution in [-0.2, 0) is 19.3 Å². The molecule has 1 unspecified atom stereocenters. The van der Waals surface area contributed by atoms with Crippen LogP contribution in [0.3, 0.4) is 0 Å². The Balaban J connectivity index is 2.68. The number of ether oxygens (including phenoxy) is 1. The van der Waals surface area contributed by atoms with Crippen molar-refractivity contribution >= 4 is 5.97 Å². The third kappa shape index (κ3) is 3.15. The van der Waals surface area contributed by atoms with Crippen molar-refractivity contribution in [2.24, 2.45) is 5.73 Å². The van der Waals surface area contributed by atoms with Crippen molar-refractivity contribution in [3.63, 3.8) is 0 Å². The first-order valence-corrected chi connectivity index (χ1v) is 5.14. The molecule has 5 heteroatoms. The molecule has 0 spiro atoms. The summed E-state index contributed by atoms with van der Waals surface area (Å²) in [5, 5.41) is 0. The molecule has 1 aliphatic heterocycles. The zero-order chi connectivity index (χ0) is 11.5. The van der Waals surface area contributed by atoms with Gasteiger partial charge in [-0.15, -0.1) is 0 Å². The summed E-state index contributed by atoms with van der Waals surface area (Å²) in [5.74, 6) is -0.447. The van der Waals surface area contributed by atoms with E-state index in [2.05, 4.69) is 0 Å². The zero-order valence-corrected chi connectivity index (χ0v) is 9.54. The van der Waals surface area contributed by atoms with Crippen molar-refractivity contribution in [2.75, 3.05) is 13.2 Å². The van der Waals surface area contributed by atoms with Gasteiger partial charge in [-0.25, -0.2) is 14.6 Å². The number of rotatable bonds is 2. The Hall–Kier alpha value is -0.650. The number of hydrogen-bond acceptors (Lipinski definition) is 5. The highest BCUT2D eigenvalue weighted by Crippen LogP contribution is 2.26. The van der Waals surface area contributed by atoms with Gasteiger partial charge in [0.25, 0.3) is 0 Å². The Morgan fingerprint density at radius 2 is 2.20 bits per heavy atom. The fourth-order valence-corrected chi connectivity index (χ4v) is 1.34. The average Bonchev–Trinajstić information content (AvgIpc) is 2.16. The van der Waals surface area contributed by atoms with Gasteiger partial charge in [-0.1, -0.05) is 0 Å². The molecule has 1 aliphatic rings. The molecule has 0 aromatic heterocycles. The molecule has 5 nitrogen and oxygen atoms in total. The molecule has 0 radical (unpaired) electrons. The van der Waals surface area contributed by atoms with E-state index in [4.69, 9.17) is 20.2 Å². The van der Waals surface area contributed by atoms with Crippen molar-refractivity contribution < 1.29 is 19.3 Å². The molecule has 0 bridgehead atoms. The minimum absolute atomic E-state index is 0.0713. The van der Waals surface area contributed by atoms with Crippen LogP contribution >= 0.6 is 0 Å². The van der Waals surface area contributed by atoms with E-state index in [1.54, 1.807) is 20.8 Å². The highest BCUT2D eigenvalue weighted by Gasteiger charge is 2.44. The summed E-state index contributed by atoms with van der Waals surface area (Å²) < 4.78 is 5.25. The van der Waals surface area contributed by atoms with Crippen molar-refractivity contribution in [3.05, 3.63) is 0 Å². The van der Waals surface area contributed by atoms with Crippen molar-refractivity contribution in [1.29, 1.82) is 0 Å². The minimum atomic E-state index is -1.12. The average molecular weight is 217 g/mol. The first-order chi connectivity index (χ1) is 6.90. The van der Waals surface area contributed by atoms with E-state index in [-0.39, 0.29) is 6.54 Å². The Kier molecular flexibility index (Phi) is 3.70. The molecule has 2 N–H and O–H groups in total. The van der Waals surface area contributed by atoms with Crippen molar-refractivity contribution in [1.82, 2.24) is 0 Å². The lowest BCUT2D eigenvalue weighted by molar-refractivity contribution is -0.374. The van der Waals surface area contributed by atoms with Gasteiger partial charge in [-0.2, -0.15) is 0 Å². The van der Waals surface area contributed by atoms with Crippen LogP contribution in [0.15, 0.2) is 0 Å². The summed E-state index contributed by atoms with van der Waals surface area (Å²) in [4.78, 5) is 21.7. The van der Waals surface area contributed by atoms with Crippen LogP contribution in [0.25, 0.3) is 0 Å². The van der Waals surface area contributed by atoms with Crippen LogP contribution in [0.4, 0.5) is 0 Å². The van der Waals surface area contributed by atoms with Crippen LogP contribution in [-0.4, -0.2) is 30.3 Å². The zero-order valence-electron chi connectivity index (χ0n) is 9.54. The van der Waals surface area contributed by atoms with Gasteiger partial charge < -0.3 is 10.5 Å². The maximum Gasteiger partial charge on any atom is 0.343 e. The van der Waals surface area contributed by atoms with Crippen LogP contribution in [0.2, 0.25) is 0 Å². The Labute approximate surface area is 89.8 Å². The van der Waals surface area contributed by atoms with Crippen molar-refractivity contribution in [2.45, 2.75) is 44.8 Å². The summed E-state index contributed by atoms with van der Waals surface area (Å²) in [6.07, 6.45) is 1.29. The molecule has 0 amide bonds. The quantitative estimate of drug-likeness (QED) is 0.546. The molecule has 1 fully saturated rings. The fourth-order valence-electron chi connectivity index (χ4n) is 1.34. The molecule has 15 heavy (non-hydrogen) atoms. The molecule has 88 valence electrons. The molecule has 0 aliphatic carbocycles. The van der Waals surface area contributed by atoms with E-state index in [0.29, 0.717) is 13.0 Å². The van der Waals surface area contributed by atoms with Gasteiger partial charge in [0.1, 0.15) is 5.60 Å². The van der Waals surface area contributed by atoms with Gasteiger partial charge in [0.15, 0.2) is 0 Å². The molecule has 0 saturated carbocycles. The Morgan fingerprint density at radius 3 is 2.60 bits per heavy atom. The third-order valence-corrected chi connectivity index (χ3v) is 2.13. The number of carbonyl (C=O) groups excluding carboxylic acids is 1. The number of hydrogen-bond donors (Lipinski definition) is 1. The largest absolute Gasteiger partial charge is 0.458 e. The predicted octanol–water partition coefficient (Wildman–Crippen LogP) is 0.768. The lowest BCUT2D eigenvalue weighted by atomic mass is 9.97. The first kappa shape index (κ1) is 12.4. The molecule has 1 saturated heterocycles.